The Hall–Kier alpha value is -2.82. The van der Waals surface area contributed by atoms with Crippen molar-refractivity contribution in [2.75, 3.05) is 29.9 Å². The van der Waals surface area contributed by atoms with Crippen molar-refractivity contribution in [2.24, 2.45) is 0 Å². The molecule has 0 bridgehead atoms. The van der Waals surface area contributed by atoms with E-state index in [4.69, 9.17) is 4.74 Å². The van der Waals surface area contributed by atoms with Gasteiger partial charge in [0.25, 0.3) is 0 Å². The molecule has 1 aliphatic heterocycles. The number of nitrogens with zero attached hydrogens (tertiary/aromatic N) is 1. The van der Waals surface area contributed by atoms with Crippen LogP contribution in [0.5, 0.6) is 5.75 Å². The number of ketones is 1. The third kappa shape index (κ3) is 3.87. The molecular weight excluding hydrogens is 328 g/mol. The van der Waals surface area contributed by atoms with Crippen LogP contribution in [-0.2, 0) is 4.79 Å². The minimum Gasteiger partial charge on any atom is -0.490 e. The van der Waals surface area contributed by atoms with Gasteiger partial charge in [-0.3, -0.25) is 9.59 Å². The molecule has 1 heterocycles. The summed E-state index contributed by atoms with van der Waals surface area (Å²) in [4.78, 5) is 26.2. The van der Waals surface area contributed by atoms with Crippen LogP contribution in [0, 0.1) is 0 Å². The lowest BCUT2D eigenvalue weighted by molar-refractivity contribution is -0.115. The van der Waals surface area contributed by atoms with Gasteiger partial charge in [-0.2, -0.15) is 0 Å². The van der Waals surface area contributed by atoms with E-state index in [1.165, 1.54) is 6.92 Å². The summed E-state index contributed by atoms with van der Waals surface area (Å²) in [5, 5.41) is 3.02. The van der Waals surface area contributed by atoms with Gasteiger partial charge in [0.05, 0.1) is 18.8 Å². The fraction of sp³-hybridized carbons (Fsp3) is 0.333. The normalized spacial score (nSPS) is 13.2. The molecule has 136 valence electrons. The lowest BCUT2D eigenvalue weighted by Crippen LogP contribution is -2.39. The van der Waals surface area contributed by atoms with Gasteiger partial charge in [0, 0.05) is 11.3 Å². The van der Waals surface area contributed by atoms with Crippen LogP contribution in [-0.4, -0.2) is 31.4 Å². The summed E-state index contributed by atoms with van der Waals surface area (Å²) in [7, 11) is 0. The number of fused-ring (bicyclic) bond motifs is 1. The number of ether oxygens (including phenoxy) is 1. The van der Waals surface area contributed by atoms with E-state index >= 15 is 0 Å². The molecule has 3 rings (SSSR count). The number of amides is 1. The summed E-state index contributed by atoms with van der Waals surface area (Å²) >= 11 is 0. The molecule has 1 amide bonds. The Labute approximate surface area is 154 Å². The number of hydrogen-bond acceptors (Lipinski definition) is 4. The average molecular weight is 352 g/mol. The van der Waals surface area contributed by atoms with Crippen LogP contribution in [0.4, 0.5) is 11.4 Å². The molecule has 2 aromatic rings. The van der Waals surface area contributed by atoms with E-state index in [2.05, 4.69) is 19.2 Å². The molecule has 5 nitrogen and oxygen atoms in total. The molecule has 0 atom stereocenters. The number of nitrogens with one attached hydrogen (secondary N) is 1. The molecule has 1 N–H and O–H groups in total. The van der Waals surface area contributed by atoms with Crippen LogP contribution in [0.15, 0.2) is 42.5 Å². The van der Waals surface area contributed by atoms with E-state index in [0.29, 0.717) is 30.4 Å². The zero-order valence-electron chi connectivity index (χ0n) is 15.4. The zero-order valence-corrected chi connectivity index (χ0v) is 15.4. The quantitative estimate of drug-likeness (QED) is 0.831. The highest BCUT2D eigenvalue weighted by Gasteiger charge is 2.22. The number of hydrogen-bond donors (Lipinski definition) is 1. The van der Waals surface area contributed by atoms with E-state index in [0.717, 1.165) is 16.9 Å². The summed E-state index contributed by atoms with van der Waals surface area (Å²) < 4.78 is 5.65. The van der Waals surface area contributed by atoms with Crippen LogP contribution in [0.3, 0.4) is 0 Å². The number of rotatable bonds is 5. The van der Waals surface area contributed by atoms with Crippen molar-refractivity contribution in [3.05, 3.63) is 53.6 Å². The summed E-state index contributed by atoms with van der Waals surface area (Å²) in [6.07, 6.45) is 0. The van der Waals surface area contributed by atoms with Gasteiger partial charge in [-0.15, -0.1) is 0 Å². The van der Waals surface area contributed by atoms with Gasteiger partial charge in [-0.25, -0.2) is 0 Å². The molecule has 0 aromatic heterocycles. The van der Waals surface area contributed by atoms with Gasteiger partial charge in [-0.05, 0) is 42.7 Å². The van der Waals surface area contributed by atoms with Gasteiger partial charge in [0.1, 0.15) is 12.4 Å². The summed E-state index contributed by atoms with van der Waals surface area (Å²) in [5.41, 5.74) is 3.36. The second kappa shape index (κ2) is 7.60. The number of Topliss-reactive ketones (excluding diaryl/α,β-unsaturated/α-hetero) is 1. The van der Waals surface area contributed by atoms with E-state index in [9.17, 15) is 9.59 Å². The third-order valence-electron chi connectivity index (χ3n) is 4.52. The van der Waals surface area contributed by atoms with Gasteiger partial charge in [0.15, 0.2) is 5.78 Å². The molecule has 0 fully saturated rings. The predicted octanol–water partition coefficient (Wildman–Crippen LogP) is 3.85. The summed E-state index contributed by atoms with van der Waals surface area (Å²) in [6, 6.07) is 13.2. The monoisotopic (exact) mass is 352 g/mol. The van der Waals surface area contributed by atoms with Crippen LogP contribution in [0.2, 0.25) is 0 Å². The van der Waals surface area contributed by atoms with Gasteiger partial charge in [-0.1, -0.05) is 32.0 Å². The molecule has 0 aliphatic carbocycles. The standard InChI is InChI=1S/C21H24N2O3/c1-14(2)17-6-4-5-7-18(17)22-21(25)13-23-10-11-26-20-9-8-16(15(3)24)12-19(20)23/h4-9,12,14H,10-11,13H2,1-3H3,(H,22,25). The molecule has 26 heavy (non-hydrogen) atoms. The highest BCUT2D eigenvalue weighted by atomic mass is 16.5. The van der Waals surface area contributed by atoms with Crippen molar-refractivity contribution < 1.29 is 14.3 Å². The van der Waals surface area contributed by atoms with Crippen LogP contribution < -0.4 is 15.0 Å². The first-order valence-electron chi connectivity index (χ1n) is 8.87. The summed E-state index contributed by atoms with van der Waals surface area (Å²) in [5.74, 6) is 0.943. The number of benzene rings is 2. The first-order chi connectivity index (χ1) is 12.5. The fourth-order valence-electron chi connectivity index (χ4n) is 3.13. The molecule has 1 aliphatic rings. The minimum absolute atomic E-state index is 0.00589. The van der Waals surface area contributed by atoms with Crippen molar-refractivity contribution >= 4 is 23.1 Å². The van der Waals surface area contributed by atoms with E-state index in [1.54, 1.807) is 18.2 Å². The molecule has 2 aromatic carbocycles. The van der Waals surface area contributed by atoms with Gasteiger partial charge in [0.2, 0.25) is 5.91 Å². The molecule has 0 saturated carbocycles. The number of carbonyl (C=O) groups excluding carboxylic acids is 2. The highest BCUT2D eigenvalue weighted by molar-refractivity contribution is 5.97. The van der Waals surface area contributed by atoms with Crippen molar-refractivity contribution in [1.82, 2.24) is 0 Å². The largest absolute Gasteiger partial charge is 0.490 e. The Morgan fingerprint density at radius 1 is 1.19 bits per heavy atom. The maximum atomic E-state index is 12.6. The Balaban J connectivity index is 1.77. The second-order valence-corrected chi connectivity index (χ2v) is 6.80. The van der Waals surface area contributed by atoms with Crippen LogP contribution in [0.1, 0.15) is 42.6 Å². The minimum atomic E-state index is -0.0841. The summed E-state index contributed by atoms with van der Waals surface area (Å²) in [6.45, 7) is 7.07. The lowest BCUT2D eigenvalue weighted by Gasteiger charge is -2.31. The fourth-order valence-corrected chi connectivity index (χ4v) is 3.13. The molecule has 5 heteroatoms. The highest BCUT2D eigenvalue weighted by Crippen LogP contribution is 2.32. The Morgan fingerprint density at radius 3 is 2.69 bits per heavy atom. The molecular formula is C21H24N2O3. The Bertz CT molecular complexity index is 830. The van der Waals surface area contributed by atoms with E-state index in [1.807, 2.05) is 29.2 Å². The number of anilines is 2. The van der Waals surface area contributed by atoms with Gasteiger partial charge >= 0.3 is 0 Å². The van der Waals surface area contributed by atoms with Crippen molar-refractivity contribution in [3.63, 3.8) is 0 Å². The lowest BCUT2D eigenvalue weighted by atomic mass is 10.0. The molecule has 0 unspecified atom stereocenters. The second-order valence-electron chi connectivity index (χ2n) is 6.80. The van der Waals surface area contributed by atoms with E-state index < -0.39 is 0 Å². The maximum Gasteiger partial charge on any atom is 0.243 e. The van der Waals surface area contributed by atoms with Crippen molar-refractivity contribution in [2.45, 2.75) is 26.7 Å². The SMILES string of the molecule is CC(=O)c1ccc2c(c1)N(CC(=O)Nc1ccccc1C(C)C)CCO2. The van der Waals surface area contributed by atoms with E-state index in [-0.39, 0.29) is 18.2 Å². The molecule has 0 saturated heterocycles. The van der Waals surface area contributed by atoms with Crippen LogP contribution in [0.25, 0.3) is 0 Å². The molecule has 0 spiro atoms. The first-order valence-corrected chi connectivity index (χ1v) is 8.87. The Morgan fingerprint density at radius 2 is 1.96 bits per heavy atom. The van der Waals surface area contributed by atoms with Crippen LogP contribution >= 0.6 is 0 Å². The maximum absolute atomic E-state index is 12.6. The smallest absolute Gasteiger partial charge is 0.243 e. The van der Waals surface area contributed by atoms with Crippen molar-refractivity contribution in [1.29, 1.82) is 0 Å². The number of carbonyl (C=O) groups is 2. The molecule has 0 radical (unpaired) electrons. The number of para-hydroxylation sites is 1. The average Bonchev–Trinajstić information content (AvgIpc) is 2.61. The first kappa shape index (κ1) is 18.0. The Kier molecular flexibility index (Phi) is 5.26. The third-order valence-corrected chi connectivity index (χ3v) is 4.52. The predicted molar refractivity (Wildman–Crippen MR) is 103 cm³/mol. The van der Waals surface area contributed by atoms with Crippen molar-refractivity contribution in [3.8, 4) is 5.75 Å². The van der Waals surface area contributed by atoms with Gasteiger partial charge < -0.3 is 15.0 Å². The topological polar surface area (TPSA) is 58.6 Å². The zero-order chi connectivity index (χ0) is 18.7.